The van der Waals surface area contributed by atoms with Crippen LogP contribution in [0.3, 0.4) is 0 Å². The van der Waals surface area contributed by atoms with Crippen molar-refractivity contribution in [3.8, 4) is 0 Å². The molecular weight excluding hydrogens is 351 g/mol. The van der Waals surface area contributed by atoms with Gasteiger partial charge in [-0.25, -0.2) is 26.4 Å². The molecule has 0 amide bonds. The summed E-state index contributed by atoms with van der Waals surface area (Å²) in [4.78, 5) is -0.518. The van der Waals surface area contributed by atoms with E-state index >= 15 is 0 Å². The van der Waals surface area contributed by atoms with Gasteiger partial charge in [0, 0.05) is 0 Å². The van der Waals surface area contributed by atoms with E-state index in [1.54, 1.807) is 0 Å². The van der Waals surface area contributed by atoms with E-state index in [0.717, 1.165) is 24.3 Å². The molecule has 0 bridgehead atoms. The summed E-state index contributed by atoms with van der Waals surface area (Å²) in [6.07, 6.45) is 0.422. The fourth-order valence-corrected chi connectivity index (χ4v) is 5.42. The lowest BCUT2D eigenvalue weighted by Gasteiger charge is -2.05. The first-order valence-corrected chi connectivity index (χ1v) is 9.87. The summed E-state index contributed by atoms with van der Waals surface area (Å²) in [5, 5.41) is 4.94. The van der Waals surface area contributed by atoms with E-state index in [1.807, 2.05) is 0 Å². The fraction of sp³-hybridized carbons (Fsp3) is 0.167. The van der Waals surface area contributed by atoms with Crippen LogP contribution in [0.5, 0.6) is 0 Å². The quantitative estimate of drug-likeness (QED) is 0.815. The third kappa shape index (κ3) is 3.36. The van der Waals surface area contributed by atoms with Gasteiger partial charge in [0.1, 0.15) is 19.1 Å². The number of nitrogens with two attached hydrogens (primary N) is 2. The first kappa shape index (κ1) is 17.0. The number of thiophene rings is 1. The Morgan fingerprint density at radius 1 is 1.05 bits per heavy atom. The van der Waals surface area contributed by atoms with Gasteiger partial charge in [0.2, 0.25) is 19.9 Å². The summed E-state index contributed by atoms with van der Waals surface area (Å²) < 4.78 is 60.6. The standard InChI is InChI=1S/C12H13FN2O4S3/c13-9-7-8(5-6-14)1-2-10(9)21(16,17)11-3-4-12(20-11)22(15,18)19/h1-4,7H,5-6,14H2,(H2,15,18,19). The molecule has 1 aromatic carbocycles. The first-order chi connectivity index (χ1) is 10.2. The zero-order valence-corrected chi connectivity index (χ0v) is 13.6. The molecule has 4 N–H and O–H groups in total. The van der Waals surface area contributed by atoms with Crippen molar-refractivity contribution in [2.24, 2.45) is 10.9 Å². The van der Waals surface area contributed by atoms with Gasteiger partial charge in [0.25, 0.3) is 0 Å². The minimum atomic E-state index is -4.15. The van der Waals surface area contributed by atoms with E-state index in [9.17, 15) is 21.2 Å². The number of hydrogen-bond donors (Lipinski definition) is 2. The van der Waals surface area contributed by atoms with Crippen LogP contribution in [0, 0.1) is 5.82 Å². The Kier molecular flexibility index (Phi) is 4.68. The molecular formula is C12H13FN2O4S3. The largest absolute Gasteiger partial charge is 0.330 e. The van der Waals surface area contributed by atoms with Gasteiger partial charge in [0.05, 0.1) is 0 Å². The van der Waals surface area contributed by atoms with Crippen LogP contribution in [-0.4, -0.2) is 23.4 Å². The molecule has 0 aliphatic heterocycles. The SMILES string of the molecule is NCCc1ccc(S(=O)(=O)c2ccc(S(N)(=O)=O)s2)c(F)c1. The Morgan fingerprint density at radius 3 is 2.18 bits per heavy atom. The molecule has 10 heteroatoms. The van der Waals surface area contributed by atoms with E-state index < -0.39 is 30.6 Å². The van der Waals surface area contributed by atoms with Gasteiger partial charge in [-0.1, -0.05) is 6.07 Å². The van der Waals surface area contributed by atoms with Crippen LogP contribution >= 0.6 is 11.3 Å². The molecule has 22 heavy (non-hydrogen) atoms. The summed E-state index contributed by atoms with van der Waals surface area (Å²) in [6, 6.07) is 5.89. The zero-order chi connectivity index (χ0) is 16.5. The second kappa shape index (κ2) is 6.05. The van der Waals surface area contributed by atoms with Gasteiger partial charge in [0.15, 0.2) is 0 Å². The molecule has 1 heterocycles. The highest BCUT2D eigenvalue weighted by Crippen LogP contribution is 2.31. The topological polar surface area (TPSA) is 120 Å². The number of primary sulfonamides is 1. The maximum Gasteiger partial charge on any atom is 0.247 e. The van der Waals surface area contributed by atoms with Crippen molar-refractivity contribution in [2.45, 2.75) is 19.7 Å². The minimum absolute atomic E-state index is 0.290. The third-order valence-electron chi connectivity index (χ3n) is 2.82. The lowest BCUT2D eigenvalue weighted by atomic mass is 10.1. The predicted octanol–water partition coefficient (Wildman–Crippen LogP) is 0.869. The number of hydrogen-bond acceptors (Lipinski definition) is 6. The highest BCUT2D eigenvalue weighted by Gasteiger charge is 2.25. The molecule has 2 aromatic rings. The summed E-state index contributed by atoms with van der Waals surface area (Å²) in [6.45, 7) is 0.314. The van der Waals surface area contributed by atoms with Crippen LogP contribution in [0.2, 0.25) is 0 Å². The molecule has 0 atom stereocenters. The lowest BCUT2D eigenvalue weighted by molar-refractivity contribution is 0.567. The van der Waals surface area contributed by atoms with E-state index in [1.165, 1.54) is 6.07 Å². The van der Waals surface area contributed by atoms with Crippen LogP contribution < -0.4 is 10.9 Å². The van der Waals surface area contributed by atoms with E-state index in [2.05, 4.69) is 0 Å². The Balaban J connectivity index is 2.49. The van der Waals surface area contributed by atoms with E-state index in [-0.39, 0.29) is 8.42 Å². The maximum absolute atomic E-state index is 14.0. The van der Waals surface area contributed by atoms with Crippen molar-refractivity contribution in [2.75, 3.05) is 6.54 Å². The van der Waals surface area contributed by atoms with E-state index in [4.69, 9.17) is 10.9 Å². The van der Waals surface area contributed by atoms with Crippen LogP contribution in [0.25, 0.3) is 0 Å². The molecule has 0 saturated carbocycles. The van der Waals surface area contributed by atoms with Crippen LogP contribution in [0.4, 0.5) is 4.39 Å². The molecule has 120 valence electrons. The van der Waals surface area contributed by atoms with Gasteiger partial charge in [-0.15, -0.1) is 11.3 Å². The minimum Gasteiger partial charge on any atom is -0.330 e. The van der Waals surface area contributed by atoms with Crippen molar-refractivity contribution in [1.29, 1.82) is 0 Å². The number of sulfonamides is 1. The maximum atomic E-state index is 14.0. The summed E-state index contributed by atoms with van der Waals surface area (Å²) in [5.74, 6) is -0.906. The van der Waals surface area contributed by atoms with Crippen molar-refractivity contribution < 1.29 is 21.2 Å². The molecule has 0 aliphatic carbocycles. The van der Waals surface area contributed by atoms with Gasteiger partial charge in [-0.2, -0.15) is 0 Å². The van der Waals surface area contributed by atoms with Crippen molar-refractivity contribution >= 4 is 31.2 Å². The normalized spacial score (nSPS) is 12.5. The van der Waals surface area contributed by atoms with Gasteiger partial charge in [-0.3, -0.25) is 0 Å². The molecule has 0 fully saturated rings. The highest BCUT2D eigenvalue weighted by atomic mass is 32.3. The van der Waals surface area contributed by atoms with Gasteiger partial charge in [-0.05, 0) is 42.8 Å². The number of halogens is 1. The van der Waals surface area contributed by atoms with Crippen LogP contribution in [0.15, 0.2) is 43.6 Å². The average molecular weight is 364 g/mol. The molecule has 0 spiro atoms. The Labute approximate surface area is 131 Å². The monoisotopic (exact) mass is 364 g/mol. The molecule has 0 unspecified atom stereocenters. The predicted molar refractivity (Wildman–Crippen MR) is 80.3 cm³/mol. The Morgan fingerprint density at radius 2 is 1.68 bits per heavy atom. The Hall–Kier alpha value is -1.33. The summed E-state index contributed by atoms with van der Waals surface area (Å²) >= 11 is 0.477. The smallest absolute Gasteiger partial charge is 0.247 e. The highest BCUT2D eigenvalue weighted by molar-refractivity contribution is 7.95. The van der Waals surface area contributed by atoms with Gasteiger partial charge >= 0.3 is 0 Å². The number of sulfone groups is 1. The zero-order valence-electron chi connectivity index (χ0n) is 11.2. The molecule has 0 aliphatic rings. The molecule has 0 saturated heterocycles. The van der Waals surface area contributed by atoms with Crippen LogP contribution in [0.1, 0.15) is 5.56 Å². The average Bonchev–Trinajstić information content (AvgIpc) is 2.89. The molecule has 0 radical (unpaired) electrons. The summed E-state index contributed by atoms with van der Waals surface area (Å²) in [7, 11) is -8.15. The van der Waals surface area contributed by atoms with Crippen molar-refractivity contribution in [3.63, 3.8) is 0 Å². The van der Waals surface area contributed by atoms with Crippen molar-refractivity contribution in [1.82, 2.24) is 0 Å². The first-order valence-electron chi connectivity index (χ1n) is 6.02. The molecule has 2 rings (SSSR count). The van der Waals surface area contributed by atoms with E-state index in [0.29, 0.717) is 29.9 Å². The molecule has 6 nitrogen and oxygen atoms in total. The summed E-state index contributed by atoms with van der Waals surface area (Å²) in [5.41, 5.74) is 5.94. The second-order valence-corrected chi connectivity index (χ2v) is 9.44. The second-order valence-electron chi connectivity index (χ2n) is 4.43. The Bertz CT molecular complexity index is 904. The molecule has 1 aromatic heterocycles. The lowest BCUT2D eigenvalue weighted by Crippen LogP contribution is -2.10. The third-order valence-corrected chi connectivity index (χ3v) is 7.62. The van der Waals surface area contributed by atoms with Crippen LogP contribution in [-0.2, 0) is 26.3 Å². The fourth-order valence-electron chi connectivity index (χ4n) is 1.79. The number of benzene rings is 1. The van der Waals surface area contributed by atoms with Crippen molar-refractivity contribution in [3.05, 3.63) is 41.7 Å². The van der Waals surface area contributed by atoms with Gasteiger partial charge < -0.3 is 5.73 Å². The number of rotatable bonds is 5.